The molecule has 0 aliphatic carbocycles. The van der Waals surface area contributed by atoms with Crippen LogP contribution in [-0.2, 0) is 14.3 Å². The van der Waals surface area contributed by atoms with Gasteiger partial charge >= 0.3 is 5.97 Å². The largest absolute Gasteiger partial charge is 0.462 e. The van der Waals surface area contributed by atoms with Crippen molar-refractivity contribution in [2.45, 2.75) is 244 Å². The molecule has 6 nitrogen and oxygen atoms in total. The zero-order chi connectivity index (χ0) is 43.1. The Hall–Kier alpha value is -2.70. The number of carbonyl (C=O) groups excluding carboxylic acids is 2. The number of esters is 1. The summed E-state index contributed by atoms with van der Waals surface area (Å²) in [5.41, 5.74) is 0. The van der Waals surface area contributed by atoms with E-state index in [-0.39, 0.29) is 24.9 Å². The van der Waals surface area contributed by atoms with Crippen molar-refractivity contribution in [3.05, 3.63) is 72.9 Å². The summed E-state index contributed by atoms with van der Waals surface area (Å²) in [6.45, 7) is 6.31. The van der Waals surface area contributed by atoms with Crippen LogP contribution in [0.15, 0.2) is 72.9 Å². The number of nitrogens with one attached hydrogen (secondary N) is 1. The minimum Gasteiger partial charge on any atom is -0.462 e. The van der Waals surface area contributed by atoms with Crippen LogP contribution in [0.25, 0.3) is 0 Å². The van der Waals surface area contributed by atoms with Gasteiger partial charge in [0.1, 0.15) is 6.10 Å². The molecule has 0 fully saturated rings. The van der Waals surface area contributed by atoms with Gasteiger partial charge in [-0.3, -0.25) is 9.59 Å². The van der Waals surface area contributed by atoms with Crippen LogP contribution in [0.4, 0.5) is 0 Å². The Morgan fingerprint density at radius 2 is 0.915 bits per heavy atom. The SMILES string of the molecule is CC\C=C/C=C/C=C/C=C\C=C\C=C\CCCCCC(=O)OC(CCCCCCCCCCCCCCC)CC(=O)NC(CO)C(O)CCCCCCCCCCCC. The Morgan fingerprint density at radius 1 is 0.508 bits per heavy atom. The monoisotopic (exact) mass is 824 g/mol. The van der Waals surface area contributed by atoms with E-state index < -0.39 is 18.2 Å². The first-order valence-corrected chi connectivity index (χ1v) is 24.7. The van der Waals surface area contributed by atoms with E-state index in [1.807, 2.05) is 54.7 Å². The molecule has 1 amide bonds. The van der Waals surface area contributed by atoms with E-state index in [1.165, 1.54) is 109 Å². The Labute approximate surface area is 364 Å². The van der Waals surface area contributed by atoms with Crippen LogP contribution in [0.2, 0.25) is 0 Å². The number of allylic oxidation sites excluding steroid dienone is 12. The number of hydrogen-bond donors (Lipinski definition) is 3. The molecule has 0 saturated heterocycles. The summed E-state index contributed by atoms with van der Waals surface area (Å²) in [6, 6.07) is -0.711. The van der Waals surface area contributed by atoms with Crippen molar-refractivity contribution in [1.29, 1.82) is 0 Å². The minimum atomic E-state index is -0.795. The number of rotatable bonds is 43. The normalized spacial score (nSPS) is 13.9. The Bertz CT molecular complexity index is 1110. The fourth-order valence-corrected chi connectivity index (χ4v) is 7.23. The molecule has 0 bridgehead atoms. The van der Waals surface area contributed by atoms with Crippen molar-refractivity contribution >= 4 is 11.9 Å². The lowest BCUT2D eigenvalue weighted by Gasteiger charge is -2.24. The van der Waals surface area contributed by atoms with E-state index in [0.717, 1.165) is 70.6 Å². The van der Waals surface area contributed by atoms with E-state index in [1.54, 1.807) is 0 Å². The first-order chi connectivity index (χ1) is 29.0. The lowest BCUT2D eigenvalue weighted by atomic mass is 10.0. The van der Waals surface area contributed by atoms with Crippen LogP contribution in [0.1, 0.15) is 226 Å². The molecule has 3 atom stereocenters. The zero-order valence-corrected chi connectivity index (χ0v) is 38.6. The van der Waals surface area contributed by atoms with E-state index in [2.05, 4.69) is 44.3 Å². The molecular formula is C53H93NO5. The van der Waals surface area contributed by atoms with Gasteiger partial charge in [-0.05, 0) is 44.9 Å². The highest BCUT2D eigenvalue weighted by Crippen LogP contribution is 2.18. The maximum Gasteiger partial charge on any atom is 0.306 e. The molecule has 0 saturated carbocycles. The molecule has 6 heteroatoms. The van der Waals surface area contributed by atoms with Crippen LogP contribution in [-0.4, -0.2) is 46.9 Å². The number of hydrogen-bond acceptors (Lipinski definition) is 5. The lowest BCUT2D eigenvalue weighted by molar-refractivity contribution is -0.151. The van der Waals surface area contributed by atoms with Gasteiger partial charge in [-0.1, -0.05) is 241 Å². The van der Waals surface area contributed by atoms with Crippen LogP contribution in [0.3, 0.4) is 0 Å². The number of aliphatic hydroxyl groups excluding tert-OH is 2. The molecular weight excluding hydrogens is 731 g/mol. The second-order valence-corrected chi connectivity index (χ2v) is 16.6. The topological polar surface area (TPSA) is 95.9 Å². The number of amides is 1. The summed E-state index contributed by atoms with van der Waals surface area (Å²) in [4.78, 5) is 26.1. The fourth-order valence-electron chi connectivity index (χ4n) is 7.23. The third-order valence-electron chi connectivity index (χ3n) is 11.0. The third-order valence-corrected chi connectivity index (χ3v) is 11.0. The molecule has 0 aromatic carbocycles. The lowest BCUT2D eigenvalue weighted by Crippen LogP contribution is -2.46. The fraction of sp³-hybridized carbons (Fsp3) is 0.736. The molecule has 0 rings (SSSR count). The standard InChI is InChI=1S/C53H93NO5/c1-4-7-10-13-16-19-22-24-25-26-27-29-31-34-37-40-43-46-53(58)59-49(44-41-38-35-32-30-28-23-20-17-14-11-8-5-2)47-52(57)54-50(48-55)51(56)45-42-39-36-33-21-18-15-12-9-6-3/h7,10,13,16,19,22,24-27,29,31,49-51,55-56H,4-6,8-9,11-12,14-15,17-18,20-21,23,28,30,32-48H2,1-3H3,(H,54,57)/b10-7-,16-13+,22-19+,25-24-,27-26+,31-29+. The van der Waals surface area contributed by atoms with Crippen LogP contribution < -0.4 is 5.32 Å². The minimum absolute atomic E-state index is 0.0585. The molecule has 0 heterocycles. The highest BCUT2D eigenvalue weighted by atomic mass is 16.5. The summed E-state index contributed by atoms with van der Waals surface area (Å²) in [7, 11) is 0. The van der Waals surface area contributed by atoms with Gasteiger partial charge in [-0.15, -0.1) is 0 Å². The molecule has 0 aliphatic heterocycles. The highest BCUT2D eigenvalue weighted by molar-refractivity contribution is 5.77. The van der Waals surface area contributed by atoms with Crippen LogP contribution >= 0.6 is 0 Å². The maximum absolute atomic E-state index is 13.2. The van der Waals surface area contributed by atoms with Gasteiger partial charge in [-0.25, -0.2) is 0 Å². The third kappa shape index (κ3) is 41.8. The summed E-state index contributed by atoms with van der Waals surface area (Å²) < 4.78 is 5.91. The summed E-state index contributed by atoms with van der Waals surface area (Å²) >= 11 is 0. The predicted molar refractivity (Wildman–Crippen MR) is 255 cm³/mol. The smallest absolute Gasteiger partial charge is 0.306 e. The van der Waals surface area contributed by atoms with E-state index in [4.69, 9.17) is 4.74 Å². The van der Waals surface area contributed by atoms with Gasteiger partial charge in [0.25, 0.3) is 0 Å². The molecule has 0 aliphatic rings. The molecule has 0 aromatic rings. The van der Waals surface area contributed by atoms with Crippen molar-refractivity contribution in [1.82, 2.24) is 5.32 Å². The molecule has 3 N–H and O–H groups in total. The molecule has 0 radical (unpaired) electrons. The zero-order valence-electron chi connectivity index (χ0n) is 38.6. The first kappa shape index (κ1) is 56.3. The number of ether oxygens (including phenoxy) is 1. The van der Waals surface area contributed by atoms with Crippen molar-refractivity contribution in [2.24, 2.45) is 0 Å². The average Bonchev–Trinajstić information content (AvgIpc) is 3.23. The number of aliphatic hydroxyl groups is 2. The summed E-state index contributed by atoms with van der Waals surface area (Å²) in [5, 5.41) is 23.7. The Morgan fingerprint density at radius 3 is 1.37 bits per heavy atom. The highest BCUT2D eigenvalue weighted by Gasteiger charge is 2.24. The Kier molecular flexibility index (Phi) is 44.2. The van der Waals surface area contributed by atoms with Gasteiger partial charge in [0.05, 0.1) is 25.2 Å². The van der Waals surface area contributed by atoms with Crippen LogP contribution in [0, 0.1) is 0 Å². The van der Waals surface area contributed by atoms with Crippen molar-refractivity contribution in [2.75, 3.05) is 6.61 Å². The summed E-state index contributed by atoms with van der Waals surface area (Å²) in [6.07, 6.45) is 58.1. The van der Waals surface area contributed by atoms with Gasteiger partial charge < -0.3 is 20.3 Å². The predicted octanol–water partition coefficient (Wildman–Crippen LogP) is 14.6. The van der Waals surface area contributed by atoms with Gasteiger partial charge in [0, 0.05) is 6.42 Å². The molecule has 59 heavy (non-hydrogen) atoms. The first-order valence-electron chi connectivity index (χ1n) is 24.7. The quantitative estimate of drug-likeness (QED) is 0.0323. The van der Waals surface area contributed by atoms with Gasteiger partial charge in [0.2, 0.25) is 5.91 Å². The van der Waals surface area contributed by atoms with Crippen molar-refractivity contribution in [3.8, 4) is 0 Å². The van der Waals surface area contributed by atoms with Crippen LogP contribution in [0.5, 0.6) is 0 Å². The average molecular weight is 824 g/mol. The molecule has 0 aromatic heterocycles. The molecule has 3 unspecified atom stereocenters. The van der Waals surface area contributed by atoms with Crippen molar-refractivity contribution in [3.63, 3.8) is 0 Å². The van der Waals surface area contributed by atoms with Gasteiger partial charge in [-0.2, -0.15) is 0 Å². The van der Waals surface area contributed by atoms with Crippen molar-refractivity contribution < 1.29 is 24.5 Å². The number of unbranched alkanes of at least 4 members (excludes halogenated alkanes) is 24. The van der Waals surface area contributed by atoms with E-state index in [0.29, 0.717) is 19.3 Å². The second kappa shape index (κ2) is 46.4. The number of carbonyl (C=O) groups is 2. The van der Waals surface area contributed by atoms with Gasteiger partial charge in [0.15, 0.2) is 0 Å². The molecule has 0 spiro atoms. The molecule has 340 valence electrons. The van der Waals surface area contributed by atoms with E-state index >= 15 is 0 Å². The second-order valence-electron chi connectivity index (χ2n) is 16.6. The Balaban J connectivity index is 4.68. The maximum atomic E-state index is 13.2. The summed E-state index contributed by atoms with van der Waals surface area (Å²) in [5.74, 6) is -0.525. The van der Waals surface area contributed by atoms with E-state index in [9.17, 15) is 19.8 Å².